The molecule has 1 aliphatic heterocycles. The molecule has 0 saturated carbocycles. The Morgan fingerprint density at radius 1 is 1.13 bits per heavy atom. The summed E-state index contributed by atoms with van der Waals surface area (Å²) < 4.78 is 5.14. The van der Waals surface area contributed by atoms with Gasteiger partial charge >= 0.3 is 6.09 Å². The number of amides is 4. The van der Waals surface area contributed by atoms with Gasteiger partial charge in [-0.25, -0.2) is 4.79 Å². The Kier molecular flexibility index (Phi) is 15.1. The second-order valence-corrected chi connectivity index (χ2v) is 8.22. The molecular weight excluding hydrogens is 402 g/mol. The lowest BCUT2D eigenvalue weighted by molar-refractivity contribution is -0.128. The molecule has 2 unspecified atom stereocenters. The highest BCUT2D eigenvalue weighted by Crippen LogP contribution is 2.15. The minimum atomic E-state index is -0.438. The van der Waals surface area contributed by atoms with Gasteiger partial charge in [0.1, 0.15) is 6.04 Å². The van der Waals surface area contributed by atoms with Crippen LogP contribution in [0.2, 0.25) is 0 Å². The van der Waals surface area contributed by atoms with E-state index in [1.807, 2.05) is 13.8 Å². The van der Waals surface area contributed by atoms with Gasteiger partial charge in [-0.3, -0.25) is 14.4 Å². The van der Waals surface area contributed by atoms with Gasteiger partial charge in [0.15, 0.2) is 0 Å². The number of rotatable bonds is 9. The maximum absolute atomic E-state index is 11.4. The maximum atomic E-state index is 11.4. The number of nitrogens with zero attached hydrogens (tertiary/aromatic N) is 1. The highest BCUT2D eigenvalue weighted by Gasteiger charge is 2.19. The van der Waals surface area contributed by atoms with Crippen LogP contribution in [0.25, 0.3) is 0 Å². The molecule has 10 heteroatoms. The molecule has 0 aliphatic carbocycles. The summed E-state index contributed by atoms with van der Waals surface area (Å²) in [6.45, 7) is 8.30. The molecule has 31 heavy (non-hydrogen) atoms. The standard InChI is InChI=1S/C12H23N3O3.C9H18N2O2/c1-13-11(16)5-6-14-12(17)18-9-10-4-3-7-15(2)8-10;1-6(2)5-8(9(13)10-4)11-7(3)12/h10H,3-9H2,1-2H3,(H,13,16)(H,14,17);6,8H,5H2,1-4H3,(H,10,13)(H,11,12). The van der Waals surface area contributed by atoms with Gasteiger partial charge in [-0.05, 0) is 38.8 Å². The average molecular weight is 444 g/mol. The number of likely N-dealkylation sites (tertiary alicyclic amines) is 1. The SMILES string of the molecule is CNC(=O)C(CC(C)C)NC(C)=O.CNC(=O)CCNC(=O)OCC1CCCN(C)C1. The van der Waals surface area contributed by atoms with Gasteiger partial charge in [-0.15, -0.1) is 0 Å². The third-order valence-electron chi connectivity index (χ3n) is 4.72. The summed E-state index contributed by atoms with van der Waals surface area (Å²) in [6, 6.07) is -0.400. The summed E-state index contributed by atoms with van der Waals surface area (Å²) in [5.74, 6) is 0.407. The number of carbonyl (C=O) groups is 4. The molecule has 1 saturated heterocycles. The predicted octanol–water partition coefficient (Wildman–Crippen LogP) is 0.474. The molecule has 1 heterocycles. The first-order chi connectivity index (χ1) is 14.6. The minimum Gasteiger partial charge on any atom is -0.449 e. The number of hydrogen-bond donors (Lipinski definition) is 4. The largest absolute Gasteiger partial charge is 0.449 e. The molecule has 0 aromatic carbocycles. The fourth-order valence-electron chi connectivity index (χ4n) is 3.18. The van der Waals surface area contributed by atoms with E-state index in [1.165, 1.54) is 6.92 Å². The number of alkyl carbamates (subject to hydrolysis) is 1. The lowest BCUT2D eigenvalue weighted by atomic mass is 10.00. The van der Waals surface area contributed by atoms with Crippen LogP contribution in [0.1, 0.15) is 46.5 Å². The zero-order chi connectivity index (χ0) is 23.8. The number of ether oxygens (including phenoxy) is 1. The van der Waals surface area contributed by atoms with Crippen LogP contribution in [-0.2, 0) is 19.1 Å². The second kappa shape index (κ2) is 16.3. The van der Waals surface area contributed by atoms with E-state index >= 15 is 0 Å². The zero-order valence-electron chi connectivity index (χ0n) is 19.9. The van der Waals surface area contributed by atoms with Crippen molar-refractivity contribution in [3.05, 3.63) is 0 Å². The van der Waals surface area contributed by atoms with Crippen LogP contribution in [0.3, 0.4) is 0 Å². The van der Waals surface area contributed by atoms with Crippen molar-refractivity contribution in [3.63, 3.8) is 0 Å². The van der Waals surface area contributed by atoms with E-state index in [2.05, 4.69) is 33.2 Å². The molecule has 0 bridgehead atoms. The van der Waals surface area contributed by atoms with Crippen molar-refractivity contribution in [2.45, 2.75) is 52.5 Å². The van der Waals surface area contributed by atoms with Gasteiger partial charge in [-0.2, -0.15) is 0 Å². The Hall–Kier alpha value is -2.36. The fourth-order valence-corrected chi connectivity index (χ4v) is 3.18. The Morgan fingerprint density at radius 2 is 1.81 bits per heavy atom. The van der Waals surface area contributed by atoms with Crippen LogP contribution < -0.4 is 21.3 Å². The van der Waals surface area contributed by atoms with E-state index in [0.29, 0.717) is 31.4 Å². The van der Waals surface area contributed by atoms with Crippen molar-refractivity contribution in [2.24, 2.45) is 11.8 Å². The molecule has 0 aromatic heterocycles. The first-order valence-electron chi connectivity index (χ1n) is 10.9. The highest BCUT2D eigenvalue weighted by atomic mass is 16.5. The summed E-state index contributed by atoms with van der Waals surface area (Å²) in [6.07, 6.45) is 2.77. The summed E-state index contributed by atoms with van der Waals surface area (Å²) in [7, 11) is 5.22. The van der Waals surface area contributed by atoms with Crippen LogP contribution in [-0.4, -0.2) is 82.1 Å². The molecule has 0 spiro atoms. The number of nitrogens with one attached hydrogen (secondary N) is 4. The summed E-state index contributed by atoms with van der Waals surface area (Å²) >= 11 is 0. The van der Waals surface area contributed by atoms with E-state index in [-0.39, 0.29) is 24.1 Å². The van der Waals surface area contributed by atoms with Gasteiger partial charge in [0.25, 0.3) is 0 Å². The van der Waals surface area contributed by atoms with Crippen LogP contribution in [0.15, 0.2) is 0 Å². The molecule has 0 radical (unpaired) electrons. The molecule has 10 nitrogen and oxygen atoms in total. The quantitative estimate of drug-likeness (QED) is 0.410. The third-order valence-corrected chi connectivity index (χ3v) is 4.72. The number of hydrogen-bond acceptors (Lipinski definition) is 6. The van der Waals surface area contributed by atoms with Gasteiger partial charge in [0.2, 0.25) is 17.7 Å². The lowest BCUT2D eigenvalue weighted by Gasteiger charge is -2.29. The third kappa shape index (κ3) is 15.1. The van der Waals surface area contributed by atoms with Crippen molar-refractivity contribution >= 4 is 23.8 Å². The van der Waals surface area contributed by atoms with Crippen LogP contribution in [0.4, 0.5) is 4.79 Å². The molecule has 4 amide bonds. The highest BCUT2D eigenvalue weighted by molar-refractivity contribution is 5.86. The van der Waals surface area contributed by atoms with E-state index < -0.39 is 12.1 Å². The second-order valence-electron chi connectivity index (χ2n) is 8.22. The van der Waals surface area contributed by atoms with Crippen LogP contribution in [0.5, 0.6) is 0 Å². The normalized spacial score (nSPS) is 16.9. The number of piperidine rings is 1. The van der Waals surface area contributed by atoms with E-state index in [9.17, 15) is 19.2 Å². The molecule has 1 fully saturated rings. The smallest absolute Gasteiger partial charge is 0.407 e. The first-order valence-corrected chi connectivity index (χ1v) is 10.9. The summed E-state index contributed by atoms with van der Waals surface area (Å²) in [5.41, 5.74) is 0. The molecule has 2 atom stereocenters. The Labute approximate surface area is 186 Å². The van der Waals surface area contributed by atoms with Crippen molar-refractivity contribution < 1.29 is 23.9 Å². The number of likely N-dealkylation sites (N-methyl/N-ethyl adjacent to an activating group) is 1. The monoisotopic (exact) mass is 443 g/mol. The number of carbonyl (C=O) groups excluding carboxylic acids is 4. The maximum Gasteiger partial charge on any atom is 0.407 e. The Balaban J connectivity index is 0.000000615. The van der Waals surface area contributed by atoms with Gasteiger partial charge < -0.3 is 30.9 Å². The van der Waals surface area contributed by atoms with Gasteiger partial charge in [-0.1, -0.05) is 13.8 Å². The van der Waals surface area contributed by atoms with Gasteiger partial charge in [0, 0.05) is 46.4 Å². The van der Waals surface area contributed by atoms with E-state index in [0.717, 1.165) is 25.9 Å². The van der Waals surface area contributed by atoms with Crippen molar-refractivity contribution in [1.82, 2.24) is 26.2 Å². The van der Waals surface area contributed by atoms with Crippen molar-refractivity contribution in [1.29, 1.82) is 0 Å². The lowest BCUT2D eigenvalue weighted by Crippen LogP contribution is -2.45. The molecule has 180 valence electrons. The fraction of sp³-hybridized carbons (Fsp3) is 0.810. The Bertz CT molecular complexity index is 570. The molecule has 0 aromatic rings. The average Bonchev–Trinajstić information content (AvgIpc) is 2.71. The molecule has 4 N–H and O–H groups in total. The van der Waals surface area contributed by atoms with E-state index in [4.69, 9.17) is 4.74 Å². The first kappa shape index (κ1) is 28.6. The summed E-state index contributed by atoms with van der Waals surface area (Å²) in [4.78, 5) is 46.6. The van der Waals surface area contributed by atoms with Crippen molar-refractivity contribution in [2.75, 3.05) is 47.4 Å². The van der Waals surface area contributed by atoms with Crippen LogP contribution >= 0.6 is 0 Å². The molecule has 1 aliphatic rings. The van der Waals surface area contributed by atoms with Gasteiger partial charge in [0.05, 0.1) is 6.61 Å². The molecule has 1 rings (SSSR count). The molecular formula is C21H41N5O5. The predicted molar refractivity (Wildman–Crippen MR) is 119 cm³/mol. The van der Waals surface area contributed by atoms with Crippen LogP contribution in [0, 0.1) is 11.8 Å². The summed E-state index contributed by atoms with van der Waals surface area (Å²) in [5, 5.41) is 10.2. The Morgan fingerprint density at radius 3 is 2.32 bits per heavy atom. The van der Waals surface area contributed by atoms with E-state index in [1.54, 1.807) is 14.1 Å². The zero-order valence-corrected chi connectivity index (χ0v) is 19.9. The van der Waals surface area contributed by atoms with Crippen molar-refractivity contribution in [3.8, 4) is 0 Å². The topological polar surface area (TPSA) is 129 Å². The minimum absolute atomic E-state index is 0.0933.